The fraction of sp³-hybridized carbons (Fsp3) is 0.556. The van der Waals surface area contributed by atoms with Crippen LogP contribution in [0.1, 0.15) is 31.9 Å². The lowest BCUT2D eigenvalue weighted by molar-refractivity contribution is 0.438. The number of rotatable bonds is 4. The van der Waals surface area contributed by atoms with Gasteiger partial charge in [-0.3, -0.25) is 11.3 Å². The molecule has 0 aromatic carbocycles. The van der Waals surface area contributed by atoms with Crippen LogP contribution in [0.2, 0.25) is 0 Å². The van der Waals surface area contributed by atoms with Crippen molar-refractivity contribution in [1.29, 1.82) is 0 Å². The third-order valence-electron chi connectivity index (χ3n) is 1.97. The molecule has 0 amide bonds. The minimum absolute atomic E-state index is 0.229. The van der Waals surface area contributed by atoms with E-state index in [4.69, 9.17) is 5.84 Å². The second-order valence-electron chi connectivity index (χ2n) is 3.63. The third kappa shape index (κ3) is 3.31. The molecule has 0 spiro atoms. The molecule has 0 aliphatic rings. The lowest BCUT2D eigenvalue weighted by Gasteiger charge is -2.17. The number of thiophene rings is 1. The number of nitrogens with one attached hydrogen (secondary N) is 1. The molecule has 1 aromatic heterocycles. The zero-order chi connectivity index (χ0) is 10.7. The Labute approximate surface area is 105 Å². The molecule has 0 saturated carbocycles. The molecule has 1 atom stereocenters. The smallest absolute Gasteiger partial charge is 0.0758 e. The van der Waals surface area contributed by atoms with Crippen molar-refractivity contribution in [2.75, 3.05) is 0 Å². The first-order valence-electron chi connectivity index (χ1n) is 4.45. The first-order chi connectivity index (χ1) is 6.54. The largest absolute Gasteiger partial charge is 0.271 e. The van der Waals surface area contributed by atoms with Gasteiger partial charge in [-0.15, -0.1) is 11.3 Å². The maximum absolute atomic E-state index is 5.55. The van der Waals surface area contributed by atoms with E-state index in [1.54, 1.807) is 11.3 Å². The molecule has 5 heteroatoms. The Hall–Kier alpha value is 0.580. The zero-order valence-corrected chi connectivity index (χ0v) is 12.2. The van der Waals surface area contributed by atoms with Crippen molar-refractivity contribution in [1.82, 2.24) is 5.43 Å². The predicted octanol–water partition coefficient (Wildman–Crippen LogP) is 3.82. The topological polar surface area (TPSA) is 38.0 Å². The van der Waals surface area contributed by atoms with E-state index in [0.717, 1.165) is 14.0 Å². The molecule has 14 heavy (non-hydrogen) atoms. The Morgan fingerprint density at radius 3 is 2.50 bits per heavy atom. The van der Waals surface area contributed by atoms with Crippen LogP contribution in [0.15, 0.2) is 13.6 Å². The molecule has 0 fully saturated rings. The summed E-state index contributed by atoms with van der Waals surface area (Å²) in [6.07, 6.45) is 1.04. The van der Waals surface area contributed by atoms with Crippen molar-refractivity contribution in [3.05, 3.63) is 19.2 Å². The summed E-state index contributed by atoms with van der Waals surface area (Å²) in [7, 11) is 0. The van der Waals surface area contributed by atoms with E-state index in [9.17, 15) is 0 Å². The van der Waals surface area contributed by atoms with E-state index in [0.29, 0.717) is 5.92 Å². The summed E-state index contributed by atoms with van der Waals surface area (Å²) < 4.78 is 2.27. The fourth-order valence-corrected chi connectivity index (χ4v) is 4.32. The van der Waals surface area contributed by atoms with Crippen molar-refractivity contribution in [2.45, 2.75) is 26.3 Å². The Morgan fingerprint density at radius 1 is 1.50 bits per heavy atom. The van der Waals surface area contributed by atoms with Gasteiger partial charge in [0.25, 0.3) is 0 Å². The van der Waals surface area contributed by atoms with Gasteiger partial charge in [0.2, 0.25) is 0 Å². The first kappa shape index (κ1) is 12.6. The van der Waals surface area contributed by atoms with Gasteiger partial charge >= 0.3 is 0 Å². The Kier molecular flexibility index (Phi) is 5.06. The molecule has 0 aliphatic heterocycles. The number of hydrogen-bond donors (Lipinski definition) is 2. The number of hydrogen-bond acceptors (Lipinski definition) is 3. The van der Waals surface area contributed by atoms with Crippen LogP contribution >= 0.6 is 43.2 Å². The van der Waals surface area contributed by atoms with Gasteiger partial charge in [0, 0.05) is 6.04 Å². The highest BCUT2D eigenvalue weighted by Crippen LogP contribution is 2.37. The molecule has 2 nitrogen and oxygen atoms in total. The van der Waals surface area contributed by atoms with Crippen molar-refractivity contribution < 1.29 is 0 Å². The summed E-state index contributed by atoms with van der Waals surface area (Å²) >= 11 is 8.69. The molecular weight excluding hydrogens is 328 g/mol. The lowest BCUT2D eigenvalue weighted by Crippen LogP contribution is -2.28. The van der Waals surface area contributed by atoms with E-state index in [1.165, 1.54) is 5.56 Å². The standard InChI is InChI=1S/C9H14Br2N2S/c1-5(2)3-7(13-12)6-4-8(10)14-9(6)11/h4-5,7,13H,3,12H2,1-2H3. The number of nitrogens with two attached hydrogens (primary N) is 1. The van der Waals surface area contributed by atoms with E-state index >= 15 is 0 Å². The van der Waals surface area contributed by atoms with Crippen LogP contribution in [0.5, 0.6) is 0 Å². The van der Waals surface area contributed by atoms with Crippen molar-refractivity contribution in [3.63, 3.8) is 0 Å². The zero-order valence-electron chi connectivity index (χ0n) is 8.18. The minimum Gasteiger partial charge on any atom is -0.271 e. The van der Waals surface area contributed by atoms with Gasteiger partial charge in [-0.25, -0.2) is 0 Å². The first-order valence-corrected chi connectivity index (χ1v) is 6.85. The predicted molar refractivity (Wildman–Crippen MR) is 69.2 cm³/mol. The van der Waals surface area contributed by atoms with Crippen molar-refractivity contribution in [3.8, 4) is 0 Å². The number of halogens is 2. The summed E-state index contributed by atoms with van der Waals surface area (Å²) in [5.74, 6) is 6.18. The SMILES string of the molecule is CC(C)CC(NN)c1cc(Br)sc1Br. The molecule has 80 valence electrons. The molecule has 0 saturated heterocycles. The van der Waals surface area contributed by atoms with Crippen LogP contribution in [0.3, 0.4) is 0 Å². The summed E-state index contributed by atoms with van der Waals surface area (Å²) in [6.45, 7) is 4.39. The third-order valence-corrected chi connectivity index (χ3v) is 4.35. The molecule has 0 radical (unpaired) electrons. The van der Waals surface area contributed by atoms with Crippen LogP contribution in [-0.2, 0) is 0 Å². The van der Waals surface area contributed by atoms with Gasteiger partial charge in [0.05, 0.1) is 7.57 Å². The van der Waals surface area contributed by atoms with E-state index in [-0.39, 0.29) is 6.04 Å². The van der Waals surface area contributed by atoms with Crippen LogP contribution < -0.4 is 11.3 Å². The van der Waals surface area contributed by atoms with Gasteiger partial charge in [-0.05, 0) is 55.8 Å². The highest BCUT2D eigenvalue weighted by Gasteiger charge is 2.16. The highest BCUT2D eigenvalue weighted by molar-refractivity contribution is 9.12. The minimum atomic E-state index is 0.229. The summed E-state index contributed by atoms with van der Waals surface area (Å²) in [5, 5.41) is 0. The van der Waals surface area contributed by atoms with Gasteiger partial charge in [0.15, 0.2) is 0 Å². The number of hydrazine groups is 1. The van der Waals surface area contributed by atoms with Gasteiger partial charge in [-0.2, -0.15) is 0 Å². The molecule has 1 unspecified atom stereocenters. The highest BCUT2D eigenvalue weighted by atomic mass is 79.9. The molecule has 0 bridgehead atoms. The fourth-order valence-electron chi connectivity index (χ4n) is 1.35. The van der Waals surface area contributed by atoms with Crippen LogP contribution in [0.4, 0.5) is 0 Å². The molecule has 1 heterocycles. The second kappa shape index (κ2) is 5.61. The maximum Gasteiger partial charge on any atom is 0.0758 e. The van der Waals surface area contributed by atoms with Crippen LogP contribution in [0, 0.1) is 5.92 Å². The normalized spacial score (nSPS) is 13.6. The Balaban J connectivity index is 2.83. The van der Waals surface area contributed by atoms with E-state index in [2.05, 4.69) is 57.2 Å². The van der Waals surface area contributed by atoms with Gasteiger partial charge in [0.1, 0.15) is 0 Å². The quantitative estimate of drug-likeness (QED) is 0.645. The van der Waals surface area contributed by atoms with Crippen molar-refractivity contribution in [2.24, 2.45) is 11.8 Å². The molecule has 1 aromatic rings. The van der Waals surface area contributed by atoms with E-state index < -0.39 is 0 Å². The Bertz CT molecular complexity index is 299. The van der Waals surface area contributed by atoms with Crippen LogP contribution in [-0.4, -0.2) is 0 Å². The molecular formula is C9H14Br2N2S. The molecule has 0 aliphatic carbocycles. The average Bonchev–Trinajstić information content (AvgIpc) is 2.41. The summed E-state index contributed by atoms with van der Waals surface area (Å²) in [5.41, 5.74) is 4.09. The second-order valence-corrected chi connectivity index (χ2v) is 7.38. The van der Waals surface area contributed by atoms with Gasteiger partial charge in [-0.1, -0.05) is 13.8 Å². The maximum atomic E-state index is 5.55. The van der Waals surface area contributed by atoms with Crippen LogP contribution in [0.25, 0.3) is 0 Å². The summed E-state index contributed by atoms with van der Waals surface area (Å²) in [6, 6.07) is 2.34. The Morgan fingerprint density at radius 2 is 2.14 bits per heavy atom. The molecule has 1 rings (SSSR count). The molecule has 3 N–H and O–H groups in total. The van der Waals surface area contributed by atoms with Crippen molar-refractivity contribution >= 4 is 43.2 Å². The van der Waals surface area contributed by atoms with Gasteiger partial charge < -0.3 is 0 Å². The lowest BCUT2D eigenvalue weighted by atomic mass is 10.00. The average molecular weight is 342 g/mol. The summed E-state index contributed by atoms with van der Waals surface area (Å²) in [4.78, 5) is 0. The monoisotopic (exact) mass is 340 g/mol. The van der Waals surface area contributed by atoms with E-state index in [1.807, 2.05) is 0 Å².